The summed E-state index contributed by atoms with van der Waals surface area (Å²) >= 11 is 1.58. The summed E-state index contributed by atoms with van der Waals surface area (Å²) in [4.78, 5) is 10.4. The molecule has 0 saturated heterocycles. The van der Waals surface area contributed by atoms with Crippen LogP contribution in [-0.2, 0) is 4.79 Å². The molecular formula is C25H36FNOS. The summed E-state index contributed by atoms with van der Waals surface area (Å²) in [5.74, 6) is 2.88. The van der Waals surface area contributed by atoms with E-state index in [4.69, 9.17) is 11.7 Å². The standard InChI is InChI=1S/C14H14.C5H8FN.C5H10OS.CH4/c1-5-13(6-2)10-14-9-11(3)7-8-12(14)4;1-5(2,3-6)4-7;1-4(6)5(2)7-3;/h1,6-10H,4H2,2-3H3;3H2,1-2H3;5H,1-3H3;1H4/b13-6-,14-10-;;;. The Balaban J connectivity index is -0.000000384. The second kappa shape index (κ2) is 16.6. The molecule has 1 atom stereocenters. The van der Waals surface area contributed by atoms with Gasteiger partial charge in [0.15, 0.2) is 0 Å². The number of rotatable bonds is 4. The second-order valence-corrected chi connectivity index (χ2v) is 8.03. The number of halogens is 1. The van der Waals surface area contributed by atoms with Gasteiger partial charge in [0.05, 0.1) is 16.7 Å². The molecule has 0 amide bonds. The summed E-state index contributed by atoms with van der Waals surface area (Å²) in [6, 6.07) is 7.95. The van der Waals surface area contributed by atoms with Crippen molar-refractivity contribution in [3.63, 3.8) is 0 Å². The zero-order chi connectivity index (χ0) is 22.3. The van der Waals surface area contributed by atoms with Crippen LogP contribution < -0.4 is 10.4 Å². The lowest BCUT2D eigenvalue weighted by atomic mass is 9.99. The third-order valence-corrected chi connectivity index (χ3v) is 4.69. The highest BCUT2D eigenvalue weighted by molar-refractivity contribution is 7.99. The van der Waals surface area contributed by atoms with Gasteiger partial charge in [0.2, 0.25) is 0 Å². The molecule has 0 aromatic heterocycles. The van der Waals surface area contributed by atoms with Gasteiger partial charge >= 0.3 is 0 Å². The van der Waals surface area contributed by atoms with Gasteiger partial charge in [-0.3, -0.25) is 4.79 Å². The largest absolute Gasteiger partial charge is 0.299 e. The minimum Gasteiger partial charge on any atom is -0.299 e. The summed E-state index contributed by atoms with van der Waals surface area (Å²) in [5.41, 5.74) is 1.33. The van der Waals surface area contributed by atoms with E-state index in [1.165, 1.54) is 5.56 Å². The number of aryl methyl sites for hydroxylation is 1. The van der Waals surface area contributed by atoms with E-state index >= 15 is 0 Å². The summed E-state index contributed by atoms with van der Waals surface area (Å²) in [7, 11) is 0. The predicted octanol–water partition coefficient (Wildman–Crippen LogP) is 5.23. The predicted molar refractivity (Wildman–Crippen MR) is 129 cm³/mol. The molecule has 0 bridgehead atoms. The molecule has 1 rings (SSSR count). The molecule has 0 aliphatic rings. The number of hydrogen-bond acceptors (Lipinski definition) is 3. The number of carbonyl (C=O) groups excluding carboxylic acids is 1. The summed E-state index contributed by atoms with van der Waals surface area (Å²) in [6.07, 6.45) is 11.2. The summed E-state index contributed by atoms with van der Waals surface area (Å²) in [6.45, 7) is 14.0. The van der Waals surface area contributed by atoms with E-state index in [1.54, 1.807) is 32.5 Å². The van der Waals surface area contributed by atoms with Gasteiger partial charge in [-0.25, -0.2) is 4.39 Å². The fraction of sp³-hybridized carbons (Fsp3) is 0.440. The van der Waals surface area contributed by atoms with Gasteiger partial charge in [0.1, 0.15) is 12.5 Å². The third kappa shape index (κ3) is 15.3. The Morgan fingerprint density at radius 2 is 2.00 bits per heavy atom. The molecule has 2 nitrogen and oxygen atoms in total. The number of hydrogen-bond donors (Lipinski definition) is 0. The molecule has 1 aromatic rings. The first-order chi connectivity index (χ1) is 13.0. The van der Waals surface area contributed by atoms with Gasteiger partial charge in [-0.2, -0.15) is 17.0 Å². The lowest BCUT2D eigenvalue weighted by Gasteiger charge is -2.05. The Hall–Kier alpha value is -2.30. The molecule has 1 aromatic carbocycles. The number of nitriles is 1. The summed E-state index contributed by atoms with van der Waals surface area (Å²) in [5, 5.41) is 10.4. The number of thioether (sulfide) groups is 1. The monoisotopic (exact) mass is 417 g/mol. The van der Waals surface area contributed by atoms with E-state index in [-0.39, 0.29) is 18.5 Å². The molecule has 160 valence electrons. The van der Waals surface area contributed by atoms with Gasteiger partial charge < -0.3 is 0 Å². The van der Waals surface area contributed by atoms with Gasteiger partial charge in [0.25, 0.3) is 0 Å². The van der Waals surface area contributed by atoms with E-state index in [2.05, 4.69) is 25.5 Å². The lowest BCUT2D eigenvalue weighted by Crippen LogP contribution is -2.22. The number of benzene rings is 1. The van der Waals surface area contributed by atoms with E-state index in [9.17, 15) is 9.18 Å². The minimum absolute atomic E-state index is 0. The Kier molecular flexibility index (Phi) is 18.0. The Morgan fingerprint density at radius 1 is 1.45 bits per heavy atom. The lowest BCUT2D eigenvalue weighted by molar-refractivity contribution is -0.116. The van der Waals surface area contributed by atoms with Gasteiger partial charge in [0, 0.05) is 5.57 Å². The maximum atomic E-state index is 11.5. The molecule has 0 heterocycles. The maximum absolute atomic E-state index is 11.5. The molecule has 0 N–H and O–H groups in total. The first kappa shape index (κ1) is 31.4. The normalized spacial score (nSPS) is 11.9. The van der Waals surface area contributed by atoms with Crippen LogP contribution in [0.25, 0.3) is 12.7 Å². The second-order valence-electron chi connectivity index (χ2n) is 6.85. The van der Waals surface area contributed by atoms with Crippen molar-refractivity contribution in [1.29, 1.82) is 5.26 Å². The molecule has 0 radical (unpaired) electrons. The zero-order valence-corrected chi connectivity index (χ0v) is 18.9. The van der Waals surface area contributed by atoms with Crippen LogP contribution >= 0.6 is 11.8 Å². The van der Waals surface area contributed by atoms with Crippen molar-refractivity contribution >= 4 is 30.2 Å². The third-order valence-electron chi connectivity index (χ3n) is 3.65. The van der Waals surface area contributed by atoms with Gasteiger partial charge in [-0.05, 0) is 64.3 Å². The Labute approximate surface area is 181 Å². The number of alkyl halides is 1. The molecule has 0 aliphatic carbocycles. The van der Waals surface area contributed by atoms with E-state index in [0.29, 0.717) is 0 Å². The van der Waals surface area contributed by atoms with Crippen molar-refractivity contribution < 1.29 is 9.18 Å². The highest BCUT2D eigenvalue weighted by atomic mass is 32.2. The van der Waals surface area contributed by atoms with E-state index in [0.717, 1.165) is 16.0 Å². The molecule has 29 heavy (non-hydrogen) atoms. The number of allylic oxidation sites excluding steroid dienone is 2. The first-order valence-corrected chi connectivity index (χ1v) is 10.2. The molecule has 0 aliphatic heterocycles. The number of ketones is 1. The van der Waals surface area contributed by atoms with Crippen LogP contribution in [0.3, 0.4) is 0 Å². The minimum atomic E-state index is -0.778. The van der Waals surface area contributed by atoms with Crippen LogP contribution in [0, 0.1) is 36.0 Å². The number of Topliss-reactive ketones (excluding diaryl/α,β-unsaturated/α-hetero) is 1. The first-order valence-electron chi connectivity index (χ1n) is 8.88. The topological polar surface area (TPSA) is 40.9 Å². The molecule has 1 unspecified atom stereocenters. The maximum Gasteiger partial charge on any atom is 0.142 e. The average Bonchev–Trinajstić information content (AvgIpc) is 2.68. The van der Waals surface area contributed by atoms with Crippen molar-refractivity contribution in [2.75, 3.05) is 12.9 Å². The van der Waals surface area contributed by atoms with Crippen LogP contribution in [0.15, 0.2) is 29.8 Å². The van der Waals surface area contributed by atoms with Crippen molar-refractivity contribution in [1.82, 2.24) is 0 Å². The smallest absolute Gasteiger partial charge is 0.142 e. The quantitative estimate of drug-likeness (QED) is 0.630. The molecule has 4 heteroatoms. The van der Waals surface area contributed by atoms with Crippen LogP contribution in [0.2, 0.25) is 0 Å². The van der Waals surface area contributed by atoms with Gasteiger partial charge in [-0.15, -0.1) is 6.42 Å². The average molecular weight is 418 g/mol. The van der Waals surface area contributed by atoms with Crippen molar-refractivity contribution in [2.45, 2.75) is 54.2 Å². The van der Waals surface area contributed by atoms with Gasteiger partial charge in [-0.1, -0.05) is 49.8 Å². The Morgan fingerprint density at radius 3 is 2.28 bits per heavy atom. The fourth-order valence-corrected chi connectivity index (χ4v) is 1.75. The fourth-order valence-electron chi connectivity index (χ4n) is 1.42. The van der Waals surface area contributed by atoms with Crippen molar-refractivity contribution in [3.05, 3.63) is 45.8 Å². The molecular weight excluding hydrogens is 381 g/mol. The van der Waals surface area contributed by atoms with Crippen molar-refractivity contribution in [2.24, 2.45) is 5.41 Å². The number of nitrogens with zero attached hydrogens (tertiary/aromatic N) is 1. The highest BCUT2D eigenvalue weighted by Gasteiger charge is 2.14. The van der Waals surface area contributed by atoms with Crippen molar-refractivity contribution in [3.8, 4) is 18.4 Å². The number of terminal acetylenes is 1. The summed E-state index contributed by atoms with van der Waals surface area (Å²) < 4.78 is 11.5. The highest BCUT2D eigenvalue weighted by Crippen LogP contribution is 2.11. The Bertz CT molecular complexity index is 841. The van der Waals surface area contributed by atoms with E-state index in [1.807, 2.05) is 50.5 Å². The molecule has 0 saturated carbocycles. The molecule has 0 fully saturated rings. The SMILES string of the molecule is C.C#CC(/C=c1/cc(C)ccc1=C)=C/C.CC(C)(C#N)CF.CSC(C)C(C)=O. The van der Waals surface area contributed by atoms with Crippen LogP contribution in [-0.4, -0.2) is 24.0 Å². The molecule has 0 spiro atoms. The van der Waals surface area contributed by atoms with Crippen LogP contribution in [0.5, 0.6) is 0 Å². The van der Waals surface area contributed by atoms with E-state index < -0.39 is 12.1 Å². The zero-order valence-electron chi connectivity index (χ0n) is 18.1. The van der Waals surface area contributed by atoms with Crippen LogP contribution in [0.4, 0.5) is 4.39 Å². The van der Waals surface area contributed by atoms with Crippen LogP contribution in [0.1, 0.15) is 47.6 Å². The number of carbonyl (C=O) groups is 1.